The predicted octanol–water partition coefficient (Wildman–Crippen LogP) is 2.41. The lowest BCUT2D eigenvalue weighted by molar-refractivity contribution is -0.104. The van der Waals surface area contributed by atoms with Crippen molar-refractivity contribution in [2.24, 2.45) is 4.99 Å². The molecule has 0 N–H and O–H groups in total. The van der Waals surface area contributed by atoms with Gasteiger partial charge in [0.05, 0.1) is 13.7 Å². The molecule has 3 heteroatoms. The van der Waals surface area contributed by atoms with Crippen LogP contribution in [0.4, 0.5) is 0 Å². The number of ether oxygens (including phenoxy) is 1. The summed E-state index contributed by atoms with van der Waals surface area (Å²) in [6.45, 7) is 2.35. The molecule has 1 aromatic carbocycles. The van der Waals surface area contributed by atoms with Gasteiger partial charge in [0.2, 0.25) is 0 Å². The van der Waals surface area contributed by atoms with Gasteiger partial charge in [-0.3, -0.25) is 9.79 Å². The van der Waals surface area contributed by atoms with Gasteiger partial charge in [-0.05, 0) is 24.6 Å². The molecule has 16 heavy (non-hydrogen) atoms. The number of hydrogen-bond acceptors (Lipinski definition) is 3. The van der Waals surface area contributed by atoms with E-state index in [1.807, 2.05) is 24.3 Å². The number of aliphatic imine (C=N–C) groups is 1. The molecule has 0 aliphatic heterocycles. The number of carbonyl (C=O) groups excluding carboxylic acids is 1. The number of hydrogen-bond donors (Lipinski definition) is 0. The molecule has 0 aliphatic rings. The quantitative estimate of drug-likeness (QED) is 0.431. The first kappa shape index (κ1) is 12.2. The lowest BCUT2D eigenvalue weighted by Gasteiger charge is -2.01. The van der Waals surface area contributed by atoms with Gasteiger partial charge in [-0.1, -0.05) is 18.2 Å². The zero-order valence-corrected chi connectivity index (χ0v) is 9.51. The molecule has 1 rings (SSSR count). The van der Waals surface area contributed by atoms with Crippen molar-refractivity contribution in [3.8, 4) is 5.75 Å². The van der Waals surface area contributed by atoms with Crippen molar-refractivity contribution >= 4 is 12.5 Å². The summed E-state index contributed by atoms with van der Waals surface area (Å²) in [6.07, 6.45) is 4.09. The summed E-state index contributed by atoms with van der Waals surface area (Å²) in [5.41, 5.74) is 1.64. The van der Waals surface area contributed by atoms with Crippen molar-refractivity contribution in [3.63, 3.8) is 0 Å². The Morgan fingerprint density at radius 1 is 1.50 bits per heavy atom. The molecular formula is C13H15NO2. The third-order valence-electron chi connectivity index (χ3n) is 2.12. The van der Waals surface area contributed by atoms with Crippen LogP contribution < -0.4 is 4.74 Å². The lowest BCUT2D eigenvalue weighted by Crippen LogP contribution is -1.89. The second-order valence-corrected chi connectivity index (χ2v) is 3.23. The van der Waals surface area contributed by atoms with E-state index in [1.165, 1.54) is 0 Å². The Hall–Kier alpha value is -1.90. The van der Waals surface area contributed by atoms with E-state index >= 15 is 0 Å². The Kier molecular flexibility index (Phi) is 4.99. The summed E-state index contributed by atoms with van der Waals surface area (Å²) in [4.78, 5) is 14.7. The van der Waals surface area contributed by atoms with Crippen LogP contribution in [0.25, 0.3) is 0 Å². The minimum atomic E-state index is 0.544. The van der Waals surface area contributed by atoms with Crippen LogP contribution in [0, 0.1) is 0 Å². The van der Waals surface area contributed by atoms with E-state index in [2.05, 4.69) is 4.99 Å². The van der Waals surface area contributed by atoms with Gasteiger partial charge >= 0.3 is 0 Å². The Morgan fingerprint density at radius 2 is 2.31 bits per heavy atom. The van der Waals surface area contributed by atoms with Crippen molar-refractivity contribution in [2.45, 2.75) is 13.5 Å². The van der Waals surface area contributed by atoms with E-state index in [1.54, 1.807) is 26.3 Å². The topological polar surface area (TPSA) is 38.7 Å². The maximum absolute atomic E-state index is 10.5. The first-order chi connectivity index (χ1) is 7.80. The zero-order valence-electron chi connectivity index (χ0n) is 9.51. The van der Waals surface area contributed by atoms with Crippen LogP contribution in [-0.2, 0) is 11.3 Å². The Labute approximate surface area is 95.5 Å². The van der Waals surface area contributed by atoms with Gasteiger partial charge in [0.1, 0.15) is 5.75 Å². The molecule has 0 bridgehead atoms. The van der Waals surface area contributed by atoms with E-state index in [9.17, 15) is 4.79 Å². The smallest absolute Gasteiger partial charge is 0.151 e. The average molecular weight is 217 g/mol. The largest absolute Gasteiger partial charge is 0.497 e. The molecule has 0 fully saturated rings. The maximum Gasteiger partial charge on any atom is 0.151 e. The van der Waals surface area contributed by atoms with Crippen molar-refractivity contribution in [1.29, 1.82) is 0 Å². The number of aldehydes is 1. The molecule has 1 aromatic rings. The average Bonchev–Trinajstić information content (AvgIpc) is 2.35. The van der Waals surface area contributed by atoms with E-state index in [4.69, 9.17) is 4.74 Å². The third-order valence-corrected chi connectivity index (χ3v) is 2.12. The molecule has 0 unspecified atom stereocenters. The summed E-state index contributed by atoms with van der Waals surface area (Å²) >= 11 is 0. The van der Waals surface area contributed by atoms with Crippen LogP contribution in [-0.4, -0.2) is 19.6 Å². The van der Waals surface area contributed by atoms with Gasteiger partial charge < -0.3 is 4.74 Å². The van der Waals surface area contributed by atoms with Gasteiger partial charge in [-0.15, -0.1) is 0 Å². The van der Waals surface area contributed by atoms with Gasteiger partial charge in [0.15, 0.2) is 6.29 Å². The predicted molar refractivity (Wildman–Crippen MR) is 65.0 cm³/mol. The zero-order chi connectivity index (χ0) is 11.8. The Balaban J connectivity index is 2.63. The first-order valence-corrected chi connectivity index (χ1v) is 5.04. The molecular weight excluding hydrogens is 202 g/mol. The van der Waals surface area contributed by atoms with Crippen LogP contribution in [0.3, 0.4) is 0 Å². The van der Waals surface area contributed by atoms with Gasteiger partial charge in [0.25, 0.3) is 0 Å². The van der Waals surface area contributed by atoms with Crippen LogP contribution in [0.2, 0.25) is 0 Å². The molecule has 84 valence electrons. The molecule has 0 heterocycles. The minimum Gasteiger partial charge on any atom is -0.497 e. The first-order valence-electron chi connectivity index (χ1n) is 5.04. The summed E-state index contributed by atoms with van der Waals surface area (Å²) in [5.74, 6) is 0.814. The molecule has 0 atom stereocenters. The van der Waals surface area contributed by atoms with Crippen LogP contribution in [0.5, 0.6) is 5.75 Å². The Morgan fingerprint density at radius 3 is 2.94 bits per heavy atom. The summed E-state index contributed by atoms with van der Waals surface area (Å²) in [5, 5.41) is 0. The SMILES string of the molecule is C/C=C(/C=O)C=NCc1cccc(OC)c1. The van der Waals surface area contributed by atoms with Crippen molar-refractivity contribution in [2.75, 3.05) is 7.11 Å². The van der Waals surface area contributed by atoms with E-state index in [-0.39, 0.29) is 0 Å². The number of nitrogens with zero attached hydrogens (tertiary/aromatic N) is 1. The summed E-state index contributed by atoms with van der Waals surface area (Å²) in [6, 6.07) is 7.69. The highest BCUT2D eigenvalue weighted by Gasteiger charge is 1.94. The van der Waals surface area contributed by atoms with Crippen LogP contribution >= 0.6 is 0 Å². The van der Waals surface area contributed by atoms with Gasteiger partial charge in [0, 0.05) is 11.8 Å². The number of methoxy groups -OCH3 is 1. The molecule has 0 radical (unpaired) electrons. The Bertz CT molecular complexity index is 408. The fourth-order valence-electron chi connectivity index (χ4n) is 1.20. The van der Waals surface area contributed by atoms with E-state index in [0.29, 0.717) is 12.1 Å². The number of rotatable bonds is 5. The summed E-state index contributed by atoms with van der Waals surface area (Å²) < 4.78 is 5.11. The second kappa shape index (κ2) is 6.56. The highest BCUT2D eigenvalue weighted by molar-refractivity contribution is 6.01. The fourth-order valence-corrected chi connectivity index (χ4v) is 1.20. The highest BCUT2D eigenvalue weighted by Crippen LogP contribution is 2.12. The molecule has 0 aliphatic carbocycles. The summed E-state index contributed by atoms with van der Waals surface area (Å²) in [7, 11) is 1.63. The third kappa shape index (κ3) is 3.69. The molecule has 0 aromatic heterocycles. The number of carbonyl (C=O) groups is 1. The number of allylic oxidation sites excluding steroid dienone is 2. The molecule has 3 nitrogen and oxygen atoms in total. The van der Waals surface area contributed by atoms with E-state index < -0.39 is 0 Å². The minimum absolute atomic E-state index is 0.544. The molecule has 0 amide bonds. The monoisotopic (exact) mass is 217 g/mol. The molecule has 0 saturated heterocycles. The molecule has 0 saturated carbocycles. The van der Waals surface area contributed by atoms with Crippen LogP contribution in [0.1, 0.15) is 12.5 Å². The lowest BCUT2D eigenvalue weighted by atomic mass is 10.2. The second-order valence-electron chi connectivity index (χ2n) is 3.23. The van der Waals surface area contributed by atoms with Crippen molar-refractivity contribution < 1.29 is 9.53 Å². The normalized spacial score (nSPS) is 11.8. The van der Waals surface area contributed by atoms with Crippen molar-refractivity contribution in [1.82, 2.24) is 0 Å². The highest BCUT2D eigenvalue weighted by atomic mass is 16.5. The van der Waals surface area contributed by atoms with Gasteiger partial charge in [-0.25, -0.2) is 0 Å². The van der Waals surface area contributed by atoms with Gasteiger partial charge in [-0.2, -0.15) is 0 Å². The standard InChI is InChI=1S/C13H15NO2/c1-3-11(10-15)8-14-9-12-5-4-6-13(7-12)16-2/h3-8,10H,9H2,1-2H3/b11-3+,14-8?. The van der Waals surface area contributed by atoms with E-state index in [0.717, 1.165) is 17.6 Å². The van der Waals surface area contributed by atoms with Crippen LogP contribution in [0.15, 0.2) is 40.9 Å². The fraction of sp³-hybridized carbons (Fsp3) is 0.231. The van der Waals surface area contributed by atoms with Crippen molar-refractivity contribution in [3.05, 3.63) is 41.5 Å². The maximum atomic E-state index is 10.5. The molecule has 0 spiro atoms. The number of benzene rings is 1.